The maximum absolute atomic E-state index is 12.5. The van der Waals surface area contributed by atoms with E-state index in [1.54, 1.807) is 6.92 Å². The molecule has 0 aromatic carbocycles. The van der Waals surface area contributed by atoms with Crippen LogP contribution < -0.4 is 35.0 Å². The molecule has 1 N–H and O–H groups in total. The Morgan fingerprint density at radius 1 is 1.42 bits per heavy atom. The fraction of sp³-hybridized carbons (Fsp3) is 0.545. The summed E-state index contributed by atoms with van der Waals surface area (Å²) >= 11 is 0. The van der Waals surface area contributed by atoms with Crippen LogP contribution in [0, 0.1) is 0 Å². The first-order chi connectivity index (χ1) is 10.7. The predicted octanol–water partition coefficient (Wildman–Crippen LogP) is -4.92. The van der Waals surface area contributed by atoms with Crippen molar-refractivity contribution < 1.29 is 61.2 Å². The number of hydroxylamine groups is 2. The molecule has 3 aliphatic rings. The minimum absolute atomic E-state index is 0. The van der Waals surface area contributed by atoms with Crippen LogP contribution in [0.4, 0.5) is 4.79 Å². The Kier molecular flexibility index (Phi) is 5.28. The van der Waals surface area contributed by atoms with Crippen LogP contribution >= 0.6 is 0 Å². The van der Waals surface area contributed by atoms with E-state index in [1.165, 1.54) is 6.08 Å². The molecule has 13 heteroatoms. The summed E-state index contributed by atoms with van der Waals surface area (Å²) in [7, 11) is -5.11. The van der Waals surface area contributed by atoms with Crippen molar-refractivity contribution >= 4 is 28.2 Å². The molecule has 11 nitrogen and oxygen atoms in total. The van der Waals surface area contributed by atoms with Gasteiger partial charge in [0.15, 0.2) is 0 Å². The van der Waals surface area contributed by atoms with Gasteiger partial charge < -0.3 is 9.45 Å². The van der Waals surface area contributed by atoms with Gasteiger partial charge in [-0.25, -0.2) is 13.2 Å². The maximum atomic E-state index is 12.5. The largest absolute Gasteiger partial charge is 1.00 e. The number of nitrogens with zero attached hydrogens (tertiary/aromatic N) is 3. The second-order valence-electron chi connectivity index (χ2n) is 5.40. The molecule has 0 spiro atoms. The topological polar surface area (TPSA) is 139 Å². The van der Waals surface area contributed by atoms with Crippen LogP contribution in [0.1, 0.15) is 13.3 Å². The Balaban J connectivity index is 0.00000208. The maximum Gasteiger partial charge on any atom is 1.00 e. The number of amides is 4. The van der Waals surface area contributed by atoms with Crippen LogP contribution in [0.5, 0.6) is 0 Å². The molecule has 2 fully saturated rings. The Morgan fingerprint density at radius 3 is 2.62 bits per heavy atom. The third-order valence-corrected chi connectivity index (χ3v) is 4.15. The van der Waals surface area contributed by atoms with Crippen LogP contribution in [-0.4, -0.2) is 71.0 Å². The smallest absolute Gasteiger partial charge is 0.724 e. The Labute approximate surface area is 159 Å². The molecule has 0 unspecified atom stereocenters. The van der Waals surface area contributed by atoms with Gasteiger partial charge in [0.25, 0.3) is 5.91 Å². The second kappa shape index (κ2) is 6.61. The number of carbonyl (C=O) groups is 3. The first-order valence-electron chi connectivity index (χ1n) is 6.72. The Morgan fingerprint density at radius 2 is 2.08 bits per heavy atom. The normalized spacial score (nSPS) is 26.2. The molecule has 2 bridgehead atoms. The Bertz CT molecular complexity index is 724. The van der Waals surface area contributed by atoms with E-state index >= 15 is 0 Å². The number of rotatable bonds is 3. The molecule has 24 heavy (non-hydrogen) atoms. The zero-order valence-corrected chi connectivity index (χ0v) is 15.8. The third-order valence-electron chi connectivity index (χ3n) is 3.81. The summed E-state index contributed by atoms with van der Waals surface area (Å²) in [6.07, 6.45) is 1.66. The fourth-order valence-corrected chi connectivity index (χ4v) is 3.27. The summed E-state index contributed by atoms with van der Waals surface area (Å²) in [5, 5.41) is 1.56. The van der Waals surface area contributed by atoms with Crippen LogP contribution in [0.25, 0.3) is 0 Å². The van der Waals surface area contributed by atoms with Crippen LogP contribution in [-0.2, 0) is 24.3 Å². The molecule has 3 heterocycles. The first kappa shape index (κ1) is 19.1. The molecule has 4 amide bonds. The van der Waals surface area contributed by atoms with Gasteiger partial charge in [-0.2, -0.15) is 9.35 Å². The van der Waals surface area contributed by atoms with Crippen molar-refractivity contribution in [1.29, 1.82) is 0 Å². The van der Waals surface area contributed by atoms with E-state index in [0.717, 1.165) is 9.91 Å². The van der Waals surface area contributed by atoms with Crippen LogP contribution in [0.15, 0.2) is 11.6 Å². The minimum Gasteiger partial charge on any atom is -0.724 e. The van der Waals surface area contributed by atoms with Crippen molar-refractivity contribution in [2.75, 3.05) is 13.1 Å². The summed E-state index contributed by atoms with van der Waals surface area (Å²) in [4.78, 5) is 37.1. The molecule has 0 aliphatic carbocycles. The van der Waals surface area contributed by atoms with E-state index in [1.807, 2.05) is 0 Å². The summed E-state index contributed by atoms with van der Waals surface area (Å²) in [5.41, 5.74) is 2.88. The van der Waals surface area contributed by atoms with Gasteiger partial charge in [-0.1, -0.05) is 6.08 Å². The summed E-state index contributed by atoms with van der Waals surface area (Å²) in [6.45, 7) is 1.79. The van der Waals surface area contributed by atoms with Gasteiger partial charge in [0.05, 0.1) is 19.1 Å². The van der Waals surface area contributed by atoms with E-state index < -0.39 is 34.4 Å². The van der Waals surface area contributed by atoms with Gasteiger partial charge >= 0.3 is 35.6 Å². The minimum atomic E-state index is -5.11. The van der Waals surface area contributed by atoms with Crippen LogP contribution in [0.2, 0.25) is 0 Å². The van der Waals surface area contributed by atoms with Gasteiger partial charge in [0.2, 0.25) is 16.3 Å². The number of urea groups is 1. The molecule has 0 radical (unpaired) electrons. The number of nitrogens with one attached hydrogen (secondary N) is 1. The fourth-order valence-electron chi connectivity index (χ4n) is 2.90. The standard InChI is InChI=1S/C11H14N4O7S.Na/c1-6-4-7-5-13(11(18)15(7)22-23(19,20)21)9(6)10(17)14-3-2-8(16)12-14;/h4,7,9H,2-3,5H2,1H3,(H,12,16)(H,19,20,21);/q;+1/p-1/t7-,9+;/m1./s1. The Hall–Kier alpha value is -1.18. The van der Waals surface area contributed by atoms with Crippen molar-refractivity contribution in [2.24, 2.45) is 0 Å². The van der Waals surface area contributed by atoms with E-state index in [9.17, 15) is 27.4 Å². The first-order valence-corrected chi connectivity index (χ1v) is 8.05. The zero-order valence-electron chi connectivity index (χ0n) is 13.0. The van der Waals surface area contributed by atoms with Crippen molar-refractivity contribution in [2.45, 2.75) is 25.4 Å². The van der Waals surface area contributed by atoms with Crippen molar-refractivity contribution in [3.63, 3.8) is 0 Å². The molecule has 0 saturated carbocycles. The van der Waals surface area contributed by atoms with Gasteiger partial charge in [-0.3, -0.25) is 20.0 Å². The third kappa shape index (κ3) is 3.43. The number of hydrazine groups is 1. The van der Waals surface area contributed by atoms with Gasteiger partial charge in [-0.05, 0) is 12.5 Å². The van der Waals surface area contributed by atoms with Crippen molar-refractivity contribution in [3.05, 3.63) is 11.6 Å². The molecule has 3 aliphatic heterocycles. The molecule has 0 aromatic heterocycles. The molecule has 126 valence electrons. The second-order valence-corrected chi connectivity index (χ2v) is 6.36. The summed E-state index contributed by atoms with van der Waals surface area (Å²) in [6, 6.07) is -2.66. The monoisotopic (exact) mass is 368 g/mol. The van der Waals surface area contributed by atoms with Crippen molar-refractivity contribution in [3.8, 4) is 0 Å². The summed E-state index contributed by atoms with van der Waals surface area (Å²) in [5.74, 6) is -0.813. The average Bonchev–Trinajstić information content (AvgIpc) is 2.96. The number of hydrogen-bond donors (Lipinski definition) is 1. The predicted molar refractivity (Wildman–Crippen MR) is 70.5 cm³/mol. The SMILES string of the molecule is CC1=C[C@@H]2CN(C(=O)N2OS(=O)(=O)[O-])[C@@H]1C(=O)N1CCC(=O)N1.[Na+]. The molecule has 3 rings (SSSR count). The quantitative estimate of drug-likeness (QED) is 0.228. The molecule has 0 aromatic rings. The van der Waals surface area contributed by atoms with E-state index in [-0.39, 0.29) is 55.0 Å². The molecular formula is C11H13N4NaO7S. The molecule has 2 saturated heterocycles. The number of carbonyl (C=O) groups excluding carboxylic acids is 3. The van der Waals surface area contributed by atoms with Crippen LogP contribution in [0.3, 0.4) is 0 Å². The average molecular weight is 368 g/mol. The van der Waals surface area contributed by atoms with Gasteiger partial charge in [0, 0.05) is 6.42 Å². The van der Waals surface area contributed by atoms with Crippen molar-refractivity contribution in [1.82, 2.24) is 20.4 Å². The van der Waals surface area contributed by atoms with E-state index in [2.05, 4.69) is 9.71 Å². The number of fused-ring (bicyclic) bond motifs is 2. The van der Waals surface area contributed by atoms with E-state index in [4.69, 9.17) is 0 Å². The summed E-state index contributed by atoms with van der Waals surface area (Å²) < 4.78 is 36.4. The zero-order chi connectivity index (χ0) is 16.9. The van der Waals surface area contributed by atoms with Gasteiger partial charge in [-0.15, -0.1) is 0 Å². The van der Waals surface area contributed by atoms with Gasteiger partial charge in [0.1, 0.15) is 6.04 Å². The molecule has 2 atom stereocenters. The molecular weight excluding hydrogens is 355 g/mol. The van der Waals surface area contributed by atoms with E-state index in [0.29, 0.717) is 10.6 Å². The number of hydrogen-bond acceptors (Lipinski definition) is 7.